The van der Waals surface area contributed by atoms with Crippen LogP contribution in [0.3, 0.4) is 0 Å². The Morgan fingerprint density at radius 1 is 0.917 bits per heavy atom. The molecule has 0 fully saturated rings. The largest absolute Gasteiger partial charge is 0.489 e. The smallest absolute Gasteiger partial charge is 0.120 e. The molecule has 1 atom stereocenters. The van der Waals surface area contributed by atoms with E-state index in [0.717, 1.165) is 12.2 Å². The molecule has 0 amide bonds. The average Bonchev–Trinajstić information content (AvgIpc) is 3.04. The monoisotopic (exact) mass is 323 g/mol. The maximum Gasteiger partial charge on any atom is 0.120 e. The minimum Gasteiger partial charge on any atom is -0.489 e. The van der Waals surface area contributed by atoms with Gasteiger partial charge in [0.1, 0.15) is 12.4 Å². The number of rotatable bonds is 8. The number of nitrogens with zero attached hydrogens (tertiary/aromatic N) is 1. The first-order chi connectivity index (χ1) is 11.8. The lowest BCUT2D eigenvalue weighted by Crippen LogP contribution is -2.37. The third-order valence-corrected chi connectivity index (χ3v) is 4.88. The fourth-order valence-electron chi connectivity index (χ4n) is 3.71. The molecule has 0 saturated carbocycles. The quantitative estimate of drug-likeness (QED) is 0.688. The Balaban J connectivity index is 1.63. The maximum atomic E-state index is 5.99. The normalized spacial score (nSPS) is 16.4. The van der Waals surface area contributed by atoms with Crippen LogP contribution in [0.15, 0.2) is 48.5 Å². The molecule has 1 aliphatic rings. The van der Waals surface area contributed by atoms with Gasteiger partial charge in [-0.05, 0) is 67.6 Å². The van der Waals surface area contributed by atoms with E-state index in [1.807, 2.05) is 6.07 Å². The molecule has 1 unspecified atom stereocenters. The van der Waals surface area contributed by atoms with Crippen LogP contribution in [0.2, 0.25) is 0 Å². The molecule has 0 radical (unpaired) electrons. The highest BCUT2D eigenvalue weighted by Crippen LogP contribution is 2.29. The van der Waals surface area contributed by atoms with Crippen molar-refractivity contribution in [2.75, 3.05) is 13.1 Å². The van der Waals surface area contributed by atoms with Gasteiger partial charge in [0.2, 0.25) is 0 Å². The summed E-state index contributed by atoms with van der Waals surface area (Å²) in [6.45, 7) is 7.62. The molecule has 0 spiro atoms. The zero-order valence-electron chi connectivity index (χ0n) is 15.0. The van der Waals surface area contributed by atoms with Crippen LogP contribution in [-0.4, -0.2) is 24.0 Å². The molecule has 0 heterocycles. The fourth-order valence-corrected chi connectivity index (χ4v) is 3.71. The van der Waals surface area contributed by atoms with Crippen molar-refractivity contribution in [2.24, 2.45) is 0 Å². The summed E-state index contributed by atoms with van der Waals surface area (Å²) in [6, 6.07) is 17.7. The lowest BCUT2D eigenvalue weighted by molar-refractivity contribution is 0.202. The van der Waals surface area contributed by atoms with Crippen molar-refractivity contribution < 1.29 is 4.74 Å². The van der Waals surface area contributed by atoms with Gasteiger partial charge in [-0.2, -0.15) is 0 Å². The lowest BCUT2D eigenvalue weighted by Gasteiger charge is -2.27. The summed E-state index contributed by atoms with van der Waals surface area (Å²) in [4.78, 5) is 2.67. The van der Waals surface area contributed by atoms with Crippen molar-refractivity contribution in [1.29, 1.82) is 0 Å². The molecule has 0 aliphatic heterocycles. The molecular weight excluding hydrogens is 294 g/mol. The molecule has 0 N–H and O–H groups in total. The Morgan fingerprint density at radius 3 is 2.33 bits per heavy atom. The van der Waals surface area contributed by atoms with Crippen LogP contribution in [0.25, 0.3) is 0 Å². The second kappa shape index (κ2) is 8.34. The Labute approximate surface area is 146 Å². The minimum absolute atomic E-state index is 0.640. The van der Waals surface area contributed by atoms with Gasteiger partial charge in [-0.15, -0.1) is 0 Å². The number of hydrogen-bond donors (Lipinski definition) is 0. The van der Waals surface area contributed by atoms with E-state index in [0.29, 0.717) is 12.6 Å². The number of hydrogen-bond acceptors (Lipinski definition) is 2. The highest BCUT2D eigenvalue weighted by Gasteiger charge is 2.26. The molecule has 0 aromatic heterocycles. The van der Waals surface area contributed by atoms with Crippen LogP contribution in [-0.2, 0) is 19.4 Å². The number of ether oxygens (including phenoxy) is 1. The van der Waals surface area contributed by atoms with Gasteiger partial charge >= 0.3 is 0 Å². The molecule has 2 heteroatoms. The van der Waals surface area contributed by atoms with E-state index in [9.17, 15) is 0 Å². The third kappa shape index (κ3) is 4.18. The molecule has 3 rings (SSSR count). The lowest BCUT2D eigenvalue weighted by atomic mass is 10.1. The Bertz CT molecular complexity index is 632. The van der Waals surface area contributed by atoms with Crippen molar-refractivity contribution in [3.63, 3.8) is 0 Å². The van der Waals surface area contributed by atoms with E-state index in [2.05, 4.69) is 61.2 Å². The summed E-state index contributed by atoms with van der Waals surface area (Å²) < 4.78 is 5.99. The van der Waals surface area contributed by atoms with Crippen molar-refractivity contribution in [1.82, 2.24) is 4.90 Å². The van der Waals surface area contributed by atoms with Crippen molar-refractivity contribution in [3.05, 3.63) is 65.2 Å². The zero-order valence-corrected chi connectivity index (χ0v) is 15.0. The van der Waals surface area contributed by atoms with E-state index in [4.69, 9.17) is 4.74 Å². The standard InChI is InChI=1S/C22H29NO/c1-3-12-23(13-4-2)21-14-19-10-11-22(16-20(19)15-21)24-17-18-8-6-5-7-9-18/h5-11,16,21H,3-4,12-15,17H2,1-2H3. The Kier molecular flexibility index (Phi) is 5.92. The Morgan fingerprint density at radius 2 is 1.62 bits per heavy atom. The maximum absolute atomic E-state index is 5.99. The third-order valence-electron chi connectivity index (χ3n) is 4.88. The van der Waals surface area contributed by atoms with Gasteiger partial charge in [0, 0.05) is 6.04 Å². The van der Waals surface area contributed by atoms with E-state index in [1.54, 1.807) is 0 Å². The van der Waals surface area contributed by atoms with Crippen molar-refractivity contribution in [3.8, 4) is 5.75 Å². The summed E-state index contributed by atoms with van der Waals surface area (Å²) in [7, 11) is 0. The first kappa shape index (κ1) is 17.0. The minimum atomic E-state index is 0.640. The molecule has 2 nitrogen and oxygen atoms in total. The van der Waals surface area contributed by atoms with Crippen LogP contribution < -0.4 is 4.74 Å². The van der Waals surface area contributed by atoms with E-state index in [1.165, 1.54) is 49.0 Å². The van der Waals surface area contributed by atoms with Crippen molar-refractivity contribution in [2.45, 2.75) is 52.2 Å². The van der Waals surface area contributed by atoms with Crippen LogP contribution in [0, 0.1) is 0 Å². The van der Waals surface area contributed by atoms with E-state index in [-0.39, 0.29) is 0 Å². The van der Waals surface area contributed by atoms with E-state index < -0.39 is 0 Å². The average molecular weight is 323 g/mol. The van der Waals surface area contributed by atoms with Crippen molar-refractivity contribution >= 4 is 0 Å². The predicted octanol–water partition coefficient (Wildman–Crippen LogP) is 4.85. The van der Waals surface area contributed by atoms with Gasteiger partial charge in [-0.3, -0.25) is 4.90 Å². The molecule has 1 aliphatic carbocycles. The molecule has 128 valence electrons. The second-order valence-corrected chi connectivity index (χ2v) is 6.80. The fraction of sp³-hybridized carbons (Fsp3) is 0.455. The van der Waals surface area contributed by atoms with Gasteiger partial charge in [-0.25, -0.2) is 0 Å². The molecule has 0 saturated heterocycles. The van der Waals surface area contributed by atoms with Gasteiger partial charge < -0.3 is 4.74 Å². The van der Waals surface area contributed by atoms with Crippen LogP contribution in [0.1, 0.15) is 43.4 Å². The first-order valence-electron chi connectivity index (χ1n) is 9.32. The van der Waals surface area contributed by atoms with Gasteiger partial charge in [0.05, 0.1) is 0 Å². The number of fused-ring (bicyclic) bond motifs is 1. The molecule has 2 aromatic carbocycles. The molecule has 24 heavy (non-hydrogen) atoms. The second-order valence-electron chi connectivity index (χ2n) is 6.80. The zero-order chi connectivity index (χ0) is 16.8. The van der Waals surface area contributed by atoms with Gasteiger partial charge in [0.25, 0.3) is 0 Å². The highest BCUT2D eigenvalue weighted by atomic mass is 16.5. The molecule has 0 bridgehead atoms. The summed E-state index contributed by atoms with van der Waals surface area (Å²) >= 11 is 0. The van der Waals surface area contributed by atoms with Crippen LogP contribution in [0.5, 0.6) is 5.75 Å². The Hall–Kier alpha value is -1.80. The summed E-state index contributed by atoms with van der Waals surface area (Å²) in [5.41, 5.74) is 4.19. The summed E-state index contributed by atoms with van der Waals surface area (Å²) in [5, 5.41) is 0. The highest BCUT2D eigenvalue weighted by molar-refractivity contribution is 5.40. The molecule has 2 aromatic rings. The number of benzene rings is 2. The topological polar surface area (TPSA) is 12.5 Å². The summed E-state index contributed by atoms with van der Waals surface area (Å²) in [5.74, 6) is 0.996. The molecular formula is C22H29NO. The summed E-state index contributed by atoms with van der Waals surface area (Å²) in [6.07, 6.45) is 4.82. The SMILES string of the molecule is CCCN(CCC)C1Cc2ccc(OCc3ccccc3)cc2C1. The first-order valence-corrected chi connectivity index (χ1v) is 9.32. The van der Waals surface area contributed by atoms with Gasteiger partial charge in [0.15, 0.2) is 0 Å². The van der Waals surface area contributed by atoms with E-state index >= 15 is 0 Å². The van der Waals surface area contributed by atoms with Crippen LogP contribution in [0.4, 0.5) is 0 Å². The van der Waals surface area contributed by atoms with Gasteiger partial charge in [-0.1, -0.05) is 50.2 Å². The predicted molar refractivity (Wildman–Crippen MR) is 101 cm³/mol. The van der Waals surface area contributed by atoms with Crippen LogP contribution >= 0.6 is 0 Å².